The molecule has 0 N–H and O–H groups in total. The zero-order valence-corrected chi connectivity index (χ0v) is 13.5. The quantitative estimate of drug-likeness (QED) is 0.834. The summed E-state index contributed by atoms with van der Waals surface area (Å²) in [4.78, 5) is 12.7. The van der Waals surface area contributed by atoms with Gasteiger partial charge in [0.15, 0.2) is 9.84 Å². The first-order chi connectivity index (χ1) is 9.78. The Kier molecular flexibility index (Phi) is 4.56. The van der Waals surface area contributed by atoms with Crippen molar-refractivity contribution < 1.29 is 17.9 Å². The predicted octanol–water partition coefficient (Wildman–Crippen LogP) is 1.98. The highest BCUT2D eigenvalue weighted by atomic mass is 32.2. The zero-order chi connectivity index (χ0) is 15.6. The second-order valence-electron chi connectivity index (χ2n) is 5.57. The summed E-state index contributed by atoms with van der Waals surface area (Å²) in [7, 11) is -3.25. The molecule has 0 unspecified atom stereocenters. The molecule has 0 saturated carbocycles. The van der Waals surface area contributed by atoms with Crippen LogP contribution in [0.15, 0.2) is 12.1 Å². The first kappa shape index (κ1) is 15.8. The Hall–Kier alpha value is -1.56. The van der Waals surface area contributed by atoms with E-state index >= 15 is 0 Å². The average Bonchev–Trinajstić information content (AvgIpc) is 2.77. The predicted molar refractivity (Wildman–Crippen MR) is 81.1 cm³/mol. The lowest BCUT2D eigenvalue weighted by Gasteiger charge is -2.14. The number of hydrogen-bond donors (Lipinski definition) is 0. The number of amides is 1. The van der Waals surface area contributed by atoms with Crippen LogP contribution in [0.5, 0.6) is 0 Å². The van der Waals surface area contributed by atoms with Gasteiger partial charge < -0.3 is 9.64 Å². The lowest BCUT2D eigenvalue weighted by atomic mass is 10.0. The Labute approximate surface area is 125 Å². The molecule has 1 fully saturated rings. The van der Waals surface area contributed by atoms with Crippen LogP contribution in [0.4, 0.5) is 4.79 Å². The van der Waals surface area contributed by atoms with Gasteiger partial charge in [-0.1, -0.05) is 17.7 Å². The molecule has 2 rings (SSSR count). The Bertz CT molecular complexity index is 629. The molecule has 0 bridgehead atoms. The summed E-state index contributed by atoms with van der Waals surface area (Å²) >= 11 is 0. The molecule has 0 aliphatic carbocycles. The number of hydrogen-bond acceptors (Lipinski definition) is 4. The van der Waals surface area contributed by atoms with Crippen molar-refractivity contribution in [3.8, 4) is 0 Å². The molecule has 1 aliphatic heterocycles. The van der Waals surface area contributed by atoms with Gasteiger partial charge in [-0.2, -0.15) is 0 Å². The van der Waals surface area contributed by atoms with Gasteiger partial charge in [0.25, 0.3) is 0 Å². The van der Waals surface area contributed by atoms with E-state index in [1.165, 1.54) is 4.90 Å². The van der Waals surface area contributed by atoms with Crippen molar-refractivity contribution in [1.82, 2.24) is 4.90 Å². The molecular weight excluding hydrogens is 290 g/mol. The lowest BCUT2D eigenvalue weighted by molar-refractivity contribution is 0.160. The molecule has 0 atom stereocenters. The monoisotopic (exact) mass is 311 g/mol. The van der Waals surface area contributed by atoms with Crippen molar-refractivity contribution in [2.45, 2.75) is 26.5 Å². The third kappa shape index (κ3) is 3.97. The molecule has 1 aromatic carbocycles. The van der Waals surface area contributed by atoms with Crippen LogP contribution < -0.4 is 0 Å². The van der Waals surface area contributed by atoms with Crippen LogP contribution in [-0.2, 0) is 20.3 Å². The minimum Gasteiger partial charge on any atom is -0.448 e. The highest BCUT2D eigenvalue weighted by molar-refractivity contribution is 7.90. The molecule has 6 heteroatoms. The first-order valence-electron chi connectivity index (χ1n) is 6.97. The fourth-order valence-electron chi connectivity index (χ4n) is 2.61. The third-order valence-corrected chi connectivity index (χ3v) is 5.25. The van der Waals surface area contributed by atoms with Gasteiger partial charge in [0, 0.05) is 6.54 Å². The number of ether oxygens (including phenoxy) is 1. The summed E-state index contributed by atoms with van der Waals surface area (Å²) in [6, 6.07) is 3.99. The normalized spacial score (nSPS) is 15.4. The number of sulfone groups is 1. The number of aryl methyl sites for hydroxylation is 3. The van der Waals surface area contributed by atoms with Crippen LogP contribution in [0, 0.1) is 20.8 Å². The summed E-state index contributed by atoms with van der Waals surface area (Å²) in [5.74, 6) is -0.0112. The van der Waals surface area contributed by atoms with E-state index in [0.29, 0.717) is 13.2 Å². The summed E-state index contributed by atoms with van der Waals surface area (Å²) < 4.78 is 29.3. The van der Waals surface area contributed by atoms with E-state index in [4.69, 9.17) is 4.74 Å². The maximum atomic E-state index is 12.3. The summed E-state index contributed by atoms with van der Waals surface area (Å²) in [5.41, 5.74) is 3.99. The molecule has 0 aromatic heterocycles. The molecule has 116 valence electrons. The summed E-state index contributed by atoms with van der Waals surface area (Å²) in [6.07, 6.45) is -0.423. The van der Waals surface area contributed by atoms with Gasteiger partial charge in [-0.3, -0.25) is 0 Å². The van der Waals surface area contributed by atoms with Gasteiger partial charge in [-0.05, 0) is 37.5 Å². The third-order valence-electron chi connectivity index (χ3n) is 3.72. The van der Waals surface area contributed by atoms with E-state index in [1.807, 2.05) is 32.9 Å². The van der Waals surface area contributed by atoms with Gasteiger partial charge in [0.2, 0.25) is 0 Å². The number of carbonyl (C=O) groups excluding carboxylic acids is 1. The molecule has 0 spiro atoms. The van der Waals surface area contributed by atoms with Crippen molar-refractivity contribution in [2.24, 2.45) is 0 Å². The molecule has 5 nitrogen and oxygen atoms in total. The second kappa shape index (κ2) is 6.05. The fraction of sp³-hybridized carbons (Fsp3) is 0.533. The fourth-order valence-corrected chi connectivity index (χ4v) is 4.15. The van der Waals surface area contributed by atoms with E-state index < -0.39 is 15.9 Å². The Morgan fingerprint density at radius 3 is 2.33 bits per heavy atom. The van der Waals surface area contributed by atoms with Gasteiger partial charge in [-0.15, -0.1) is 0 Å². The van der Waals surface area contributed by atoms with Gasteiger partial charge in [-0.25, -0.2) is 13.2 Å². The van der Waals surface area contributed by atoms with E-state index in [1.54, 1.807) is 0 Å². The van der Waals surface area contributed by atoms with Crippen molar-refractivity contribution in [2.75, 3.05) is 25.4 Å². The standard InChI is InChI=1S/C15H21NO4S/c1-11-8-12(2)14(13(3)9-11)10-21(18,19)7-5-16-4-6-20-15(16)17/h8-9H,4-7,10H2,1-3H3. The largest absolute Gasteiger partial charge is 0.448 e. The van der Waals surface area contributed by atoms with Crippen LogP contribution in [0.1, 0.15) is 22.3 Å². The maximum Gasteiger partial charge on any atom is 0.409 e. The van der Waals surface area contributed by atoms with Gasteiger partial charge >= 0.3 is 6.09 Å². The highest BCUT2D eigenvalue weighted by Gasteiger charge is 2.24. The molecule has 0 radical (unpaired) electrons. The first-order valence-corrected chi connectivity index (χ1v) is 8.79. The van der Waals surface area contributed by atoms with E-state index in [0.717, 1.165) is 22.3 Å². The molecule has 1 saturated heterocycles. The van der Waals surface area contributed by atoms with Crippen LogP contribution >= 0.6 is 0 Å². The van der Waals surface area contributed by atoms with Crippen molar-refractivity contribution in [3.05, 3.63) is 34.4 Å². The van der Waals surface area contributed by atoms with Crippen molar-refractivity contribution in [3.63, 3.8) is 0 Å². The molecule has 1 amide bonds. The minimum atomic E-state index is -3.25. The van der Waals surface area contributed by atoms with Crippen molar-refractivity contribution in [1.29, 1.82) is 0 Å². The topological polar surface area (TPSA) is 63.7 Å². The number of benzene rings is 1. The number of nitrogens with zero attached hydrogens (tertiary/aromatic N) is 1. The minimum absolute atomic E-state index is 0.0217. The maximum absolute atomic E-state index is 12.3. The molecule has 21 heavy (non-hydrogen) atoms. The van der Waals surface area contributed by atoms with E-state index in [9.17, 15) is 13.2 Å². The number of cyclic esters (lactones) is 1. The molecular formula is C15H21NO4S. The Morgan fingerprint density at radius 1 is 1.19 bits per heavy atom. The average molecular weight is 311 g/mol. The van der Waals surface area contributed by atoms with Crippen LogP contribution in [-0.4, -0.2) is 44.9 Å². The van der Waals surface area contributed by atoms with Gasteiger partial charge in [0.1, 0.15) is 6.61 Å². The number of carbonyl (C=O) groups is 1. The van der Waals surface area contributed by atoms with Crippen LogP contribution in [0.2, 0.25) is 0 Å². The van der Waals surface area contributed by atoms with E-state index in [-0.39, 0.29) is 18.1 Å². The Balaban J connectivity index is 2.06. The molecule has 1 aliphatic rings. The molecule has 1 heterocycles. The summed E-state index contributed by atoms with van der Waals surface area (Å²) in [6.45, 7) is 6.87. The van der Waals surface area contributed by atoms with Crippen LogP contribution in [0.3, 0.4) is 0 Å². The Morgan fingerprint density at radius 2 is 1.81 bits per heavy atom. The molecule has 1 aromatic rings. The number of rotatable bonds is 5. The second-order valence-corrected chi connectivity index (χ2v) is 7.75. The zero-order valence-electron chi connectivity index (χ0n) is 12.7. The van der Waals surface area contributed by atoms with Crippen LogP contribution in [0.25, 0.3) is 0 Å². The SMILES string of the molecule is Cc1cc(C)c(CS(=O)(=O)CCN2CCOC2=O)c(C)c1. The van der Waals surface area contributed by atoms with Crippen molar-refractivity contribution >= 4 is 15.9 Å². The smallest absolute Gasteiger partial charge is 0.409 e. The van der Waals surface area contributed by atoms with E-state index in [2.05, 4.69) is 0 Å². The summed E-state index contributed by atoms with van der Waals surface area (Å²) in [5, 5.41) is 0. The lowest BCUT2D eigenvalue weighted by Crippen LogP contribution is -2.30. The highest BCUT2D eigenvalue weighted by Crippen LogP contribution is 2.19. The van der Waals surface area contributed by atoms with Gasteiger partial charge in [0.05, 0.1) is 18.1 Å².